The minimum absolute atomic E-state index is 0.269. The molecule has 0 unspecified atom stereocenters. The fourth-order valence-corrected chi connectivity index (χ4v) is 2.94. The average Bonchev–Trinajstić information content (AvgIpc) is 2.71. The fourth-order valence-electron chi connectivity index (χ4n) is 2.47. The van der Waals surface area contributed by atoms with E-state index < -0.39 is 32.5 Å². The maximum absolute atomic E-state index is 13.8. The molecule has 0 aliphatic carbocycles. The molecule has 0 aliphatic rings. The van der Waals surface area contributed by atoms with Gasteiger partial charge in [-0.25, -0.2) is 17.6 Å². The molecular weight excluding hydrogens is 487 g/mol. The highest BCUT2D eigenvalue weighted by Crippen LogP contribution is 2.32. The first kappa shape index (κ1) is 22.6. The Kier molecular flexibility index (Phi) is 9.14. The Labute approximate surface area is 175 Å². The third-order valence-corrected chi connectivity index (χ3v) is 5.00. The first-order valence-electron chi connectivity index (χ1n) is 9.11. The summed E-state index contributed by atoms with van der Waals surface area (Å²) in [5, 5.41) is 6.97. The van der Waals surface area contributed by atoms with Crippen LogP contribution >= 0.6 is 22.6 Å². The molecule has 0 N–H and O–H groups in total. The molecule has 0 spiro atoms. The van der Waals surface area contributed by atoms with Crippen molar-refractivity contribution in [1.29, 1.82) is 0 Å². The van der Waals surface area contributed by atoms with Crippen molar-refractivity contribution in [2.24, 2.45) is 10.2 Å². The van der Waals surface area contributed by atoms with E-state index in [0.717, 1.165) is 12.8 Å². The highest BCUT2D eigenvalue weighted by atomic mass is 127. The Hall–Kier alpha value is -1.71. The third-order valence-electron chi connectivity index (χ3n) is 4.06. The van der Waals surface area contributed by atoms with Gasteiger partial charge in [0.05, 0.1) is 15.9 Å². The molecule has 0 bridgehead atoms. The monoisotopic (exact) mass is 508 g/mol. The van der Waals surface area contributed by atoms with Crippen LogP contribution in [-0.2, 0) is 0 Å². The van der Waals surface area contributed by atoms with Crippen molar-refractivity contribution in [2.75, 3.05) is 6.61 Å². The summed E-state index contributed by atoms with van der Waals surface area (Å²) in [5.41, 5.74) is -0.830. The summed E-state index contributed by atoms with van der Waals surface area (Å²) in [6.45, 7) is 2.78. The third kappa shape index (κ3) is 6.15. The zero-order valence-electron chi connectivity index (χ0n) is 15.5. The van der Waals surface area contributed by atoms with Crippen LogP contribution in [0.5, 0.6) is 5.75 Å². The summed E-state index contributed by atoms with van der Waals surface area (Å²) >= 11 is 1.19. The van der Waals surface area contributed by atoms with Crippen molar-refractivity contribution in [3.63, 3.8) is 0 Å². The summed E-state index contributed by atoms with van der Waals surface area (Å²) < 4.78 is 59.5. The summed E-state index contributed by atoms with van der Waals surface area (Å²) in [6, 6.07) is 6.37. The van der Waals surface area contributed by atoms with E-state index in [9.17, 15) is 17.6 Å². The molecule has 2 rings (SSSR count). The molecule has 0 atom stereocenters. The largest absolute Gasteiger partial charge is 0.494 e. The Morgan fingerprint density at radius 2 is 1.36 bits per heavy atom. The number of nitrogens with zero attached hydrogens (tertiary/aromatic N) is 2. The van der Waals surface area contributed by atoms with Gasteiger partial charge in [0, 0.05) is 0 Å². The Balaban J connectivity index is 1.93. The predicted molar refractivity (Wildman–Crippen MR) is 108 cm³/mol. The van der Waals surface area contributed by atoms with Gasteiger partial charge >= 0.3 is 0 Å². The standard InChI is InChI=1S/C20H21F4IN2O/c1-2-3-4-5-6-7-12-28-14-10-8-13(9-11-14)26-27-20-17(23)15(21)19(25)16(22)18(20)24/h8-11H,2-7,12H2,1H3. The van der Waals surface area contributed by atoms with Crippen molar-refractivity contribution in [1.82, 2.24) is 0 Å². The van der Waals surface area contributed by atoms with Gasteiger partial charge in [-0.05, 0) is 53.3 Å². The average molecular weight is 508 g/mol. The number of azo groups is 1. The number of benzene rings is 2. The second kappa shape index (κ2) is 11.3. The Morgan fingerprint density at radius 1 is 0.786 bits per heavy atom. The number of ether oxygens (including phenoxy) is 1. The Morgan fingerprint density at radius 3 is 1.96 bits per heavy atom. The molecule has 0 amide bonds. The van der Waals surface area contributed by atoms with Crippen molar-refractivity contribution in [3.8, 4) is 5.75 Å². The number of rotatable bonds is 10. The minimum atomic E-state index is -1.58. The van der Waals surface area contributed by atoms with Gasteiger partial charge in [0.2, 0.25) is 0 Å². The molecule has 0 saturated heterocycles. The molecule has 2 aromatic carbocycles. The topological polar surface area (TPSA) is 34.0 Å². The van der Waals surface area contributed by atoms with Gasteiger partial charge in [0.25, 0.3) is 0 Å². The second-order valence-corrected chi connectivity index (χ2v) is 7.31. The first-order chi connectivity index (χ1) is 13.5. The van der Waals surface area contributed by atoms with E-state index in [1.807, 2.05) is 0 Å². The molecule has 0 heterocycles. The van der Waals surface area contributed by atoms with Crippen LogP contribution in [0.25, 0.3) is 0 Å². The van der Waals surface area contributed by atoms with Crippen LogP contribution in [0.15, 0.2) is 34.5 Å². The molecule has 152 valence electrons. The summed E-state index contributed by atoms with van der Waals surface area (Å²) in [7, 11) is 0. The normalized spacial score (nSPS) is 11.4. The molecule has 28 heavy (non-hydrogen) atoms. The number of unbranched alkanes of at least 4 members (excludes halogenated alkanes) is 5. The number of halogens is 5. The summed E-state index contributed by atoms with van der Waals surface area (Å²) in [4.78, 5) is 0. The van der Waals surface area contributed by atoms with Gasteiger partial charge < -0.3 is 4.74 Å². The van der Waals surface area contributed by atoms with Crippen LogP contribution < -0.4 is 4.74 Å². The minimum Gasteiger partial charge on any atom is -0.494 e. The lowest BCUT2D eigenvalue weighted by molar-refractivity contribution is 0.304. The quantitative estimate of drug-likeness (QED) is 0.0800. The molecule has 0 aliphatic heterocycles. The predicted octanol–water partition coefficient (Wildman–Crippen LogP) is 8.00. The molecule has 2 aromatic rings. The van der Waals surface area contributed by atoms with Crippen LogP contribution in [0.1, 0.15) is 45.4 Å². The maximum atomic E-state index is 13.8. The van der Waals surface area contributed by atoms with Crippen LogP contribution in [-0.4, -0.2) is 6.61 Å². The van der Waals surface area contributed by atoms with Crippen LogP contribution in [0, 0.1) is 26.8 Å². The molecule has 0 radical (unpaired) electrons. The second-order valence-electron chi connectivity index (χ2n) is 6.23. The van der Waals surface area contributed by atoms with Gasteiger partial charge in [-0.2, -0.15) is 5.11 Å². The van der Waals surface area contributed by atoms with Crippen molar-refractivity contribution in [2.45, 2.75) is 45.4 Å². The van der Waals surface area contributed by atoms with Gasteiger partial charge in [0.15, 0.2) is 29.0 Å². The maximum Gasteiger partial charge on any atom is 0.190 e. The molecule has 0 fully saturated rings. The van der Waals surface area contributed by atoms with Gasteiger partial charge in [-0.15, -0.1) is 5.11 Å². The molecule has 0 saturated carbocycles. The summed E-state index contributed by atoms with van der Waals surface area (Å²) in [6.07, 6.45) is 6.99. The number of hydrogen-bond donors (Lipinski definition) is 0. The van der Waals surface area contributed by atoms with E-state index >= 15 is 0 Å². The highest BCUT2D eigenvalue weighted by molar-refractivity contribution is 14.1. The van der Waals surface area contributed by atoms with E-state index in [4.69, 9.17) is 4.74 Å². The van der Waals surface area contributed by atoms with E-state index in [1.165, 1.54) is 60.4 Å². The molecule has 0 aromatic heterocycles. The van der Waals surface area contributed by atoms with Crippen LogP contribution in [0.3, 0.4) is 0 Å². The van der Waals surface area contributed by atoms with E-state index in [0.29, 0.717) is 12.4 Å². The van der Waals surface area contributed by atoms with Gasteiger partial charge in [0.1, 0.15) is 5.75 Å². The Bertz CT molecular complexity index is 784. The van der Waals surface area contributed by atoms with Crippen molar-refractivity contribution < 1.29 is 22.3 Å². The number of hydrogen-bond acceptors (Lipinski definition) is 3. The lowest BCUT2D eigenvalue weighted by atomic mass is 10.1. The summed E-state index contributed by atoms with van der Waals surface area (Å²) in [5.74, 6) is -5.51. The first-order valence-corrected chi connectivity index (χ1v) is 10.2. The van der Waals surface area contributed by atoms with E-state index in [1.54, 1.807) is 12.1 Å². The van der Waals surface area contributed by atoms with Gasteiger partial charge in [-0.3, -0.25) is 0 Å². The zero-order chi connectivity index (χ0) is 20.5. The molecular formula is C20H21F4IN2O. The highest BCUT2D eigenvalue weighted by Gasteiger charge is 2.24. The van der Waals surface area contributed by atoms with Crippen LogP contribution in [0.4, 0.5) is 28.9 Å². The molecule has 8 heteroatoms. The lowest BCUT2D eigenvalue weighted by Crippen LogP contribution is -1.99. The smallest absolute Gasteiger partial charge is 0.190 e. The van der Waals surface area contributed by atoms with E-state index in [2.05, 4.69) is 17.2 Å². The lowest BCUT2D eigenvalue weighted by Gasteiger charge is -2.06. The zero-order valence-corrected chi connectivity index (χ0v) is 17.6. The van der Waals surface area contributed by atoms with E-state index in [-0.39, 0.29) is 5.69 Å². The van der Waals surface area contributed by atoms with Crippen molar-refractivity contribution >= 4 is 34.0 Å². The van der Waals surface area contributed by atoms with Crippen molar-refractivity contribution in [3.05, 3.63) is 51.1 Å². The SMILES string of the molecule is CCCCCCCCOc1ccc(N=Nc2c(F)c(F)c(I)c(F)c2F)cc1. The van der Waals surface area contributed by atoms with Crippen LogP contribution in [0.2, 0.25) is 0 Å². The van der Waals surface area contributed by atoms with Gasteiger partial charge in [-0.1, -0.05) is 39.0 Å². The fraction of sp³-hybridized carbons (Fsp3) is 0.400. The molecule has 3 nitrogen and oxygen atoms in total.